The average Bonchev–Trinajstić information content (AvgIpc) is 2.15. The molecule has 1 aliphatic rings. The van der Waals surface area contributed by atoms with E-state index in [0.717, 1.165) is 19.7 Å². The van der Waals surface area contributed by atoms with E-state index in [-0.39, 0.29) is 0 Å². The Kier molecular flexibility index (Phi) is 4.35. The van der Waals surface area contributed by atoms with Gasteiger partial charge in [0.25, 0.3) is 0 Å². The lowest BCUT2D eigenvalue weighted by atomic mass is 9.82. The highest BCUT2D eigenvalue weighted by atomic mass is 16.5. The highest BCUT2D eigenvalue weighted by Crippen LogP contribution is 2.30. The summed E-state index contributed by atoms with van der Waals surface area (Å²) in [5.41, 5.74) is 6.25. The fourth-order valence-electron chi connectivity index (χ4n) is 2.01. The van der Waals surface area contributed by atoms with Crippen molar-refractivity contribution in [1.29, 1.82) is 0 Å². The lowest BCUT2D eigenvalue weighted by molar-refractivity contribution is 0.0505. The van der Waals surface area contributed by atoms with Crippen molar-refractivity contribution >= 4 is 0 Å². The van der Waals surface area contributed by atoms with Gasteiger partial charge in [0.15, 0.2) is 0 Å². The SMILES string of the molecule is COCC(CN)N1CCC(C)(C)CC1. The molecule has 2 N–H and O–H groups in total. The zero-order valence-corrected chi connectivity index (χ0v) is 9.75. The minimum absolute atomic E-state index is 0.413. The maximum absolute atomic E-state index is 5.74. The number of rotatable bonds is 4. The molecule has 1 rings (SSSR count). The quantitative estimate of drug-likeness (QED) is 0.738. The molecule has 0 aromatic rings. The van der Waals surface area contributed by atoms with Crippen molar-refractivity contribution in [3.05, 3.63) is 0 Å². The molecule has 14 heavy (non-hydrogen) atoms. The second kappa shape index (κ2) is 5.10. The Morgan fingerprint density at radius 3 is 2.36 bits per heavy atom. The Hall–Kier alpha value is -0.120. The number of methoxy groups -OCH3 is 1. The van der Waals surface area contributed by atoms with E-state index < -0.39 is 0 Å². The van der Waals surface area contributed by atoms with Gasteiger partial charge in [-0.15, -0.1) is 0 Å². The van der Waals surface area contributed by atoms with Crippen LogP contribution >= 0.6 is 0 Å². The molecular weight excluding hydrogens is 176 g/mol. The molecule has 0 amide bonds. The monoisotopic (exact) mass is 200 g/mol. The molecule has 1 aliphatic heterocycles. The Morgan fingerprint density at radius 2 is 1.93 bits per heavy atom. The first-order valence-electron chi connectivity index (χ1n) is 5.52. The van der Waals surface area contributed by atoms with Crippen molar-refractivity contribution in [1.82, 2.24) is 4.90 Å². The molecule has 0 radical (unpaired) electrons. The smallest absolute Gasteiger partial charge is 0.0630 e. The van der Waals surface area contributed by atoms with E-state index in [1.165, 1.54) is 12.8 Å². The second-order valence-electron chi connectivity index (χ2n) is 5.05. The van der Waals surface area contributed by atoms with E-state index in [0.29, 0.717) is 18.0 Å². The van der Waals surface area contributed by atoms with Gasteiger partial charge < -0.3 is 10.5 Å². The number of hydrogen-bond acceptors (Lipinski definition) is 3. The van der Waals surface area contributed by atoms with Crippen LogP contribution in [0.15, 0.2) is 0 Å². The van der Waals surface area contributed by atoms with Crippen molar-refractivity contribution in [3.8, 4) is 0 Å². The molecular formula is C11H24N2O. The zero-order valence-electron chi connectivity index (χ0n) is 9.75. The van der Waals surface area contributed by atoms with Gasteiger partial charge in [-0.3, -0.25) is 4.90 Å². The van der Waals surface area contributed by atoms with Gasteiger partial charge in [-0.1, -0.05) is 13.8 Å². The summed E-state index contributed by atoms with van der Waals surface area (Å²) >= 11 is 0. The largest absolute Gasteiger partial charge is 0.383 e. The van der Waals surface area contributed by atoms with E-state index >= 15 is 0 Å². The van der Waals surface area contributed by atoms with Gasteiger partial charge in [-0.2, -0.15) is 0 Å². The van der Waals surface area contributed by atoms with Crippen LogP contribution in [0.3, 0.4) is 0 Å². The number of nitrogens with zero attached hydrogens (tertiary/aromatic N) is 1. The normalized spacial score (nSPS) is 24.9. The molecule has 1 atom stereocenters. The highest BCUT2D eigenvalue weighted by Gasteiger charge is 2.28. The van der Waals surface area contributed by atoms with Crippen LogP contribution in [-0.4, -0.2) is 44.3 Å². The molecule has 0 aromatic heterocycles. The third kappa shape index (κ3) is 3.23. The molecule has 0 aromatic carbocycles. The first kappa shape index (κ1) is 12.0. The minimum atomic E-state index is 0.413. The topological polar surface area (TPSA) is 38.5 Å². The van der Waals surface area contributed by atoms with Crippen LogP contribution in [0.5, 0.6) is 0 Å². The number of piperidine rings is 1. The fourth-order valence-corrected chi connectivity index (χ4v) is 2.01. The van der Waals surface area contributed by atoms with Crippen molar-refractivity contribution < 1.29 is 4.74 Å². The fraction of sp³-hybridized carbons (Fsp3) is 1.00. The summed E-state index contributed by atoms with van der Waals surface area (Å²) < 4.78 is 5.18. The van der Waals surface area contributed by atoms with Gasteiger partial charge in [-0.25, -0.2) is 0 Å². The predicted octanol–water partition coefficient (Wildman–Crippen LogP) is 1.08. The molecule has 3 nitrogen and oxygen atoms in total. The first-order valence-corrected chi connectivity index (χ1v) is 5.52. The standard InChI is InChI=1S/C11H24N2O/c1-11(2)4-6-13(7-5-11)10(8-12)9-14-3/h10H,4-9,12H2,1-3H3. The molecule has 84 valence electrons. The second-order valence-corrected chi connectivity index (χ2v) is 5.05. The molecule has 0 spiro atoms. The van der Waals surface area contributed by atoms with Crippen LogP contribution in [0.1, 0.15) is 26.7 Å². The van der Waals surface area contributed by atoms with E-state index in [1.807, 2.05) is 0 Å². The summed E-state index contributed by atoms with van der Waals surface area (Å²) in [5, 5.41) is 0. The van der Waals surface area contributed by atoms with Crippen molar-refractivity contribution in [2.24, 2.45) is 11.1 Å². The maximum Gasteiger partial charge on any atom is 0.0630 e. The zero-order chi connectivity index (χ0) is 10.6. The Balaban J connectivity index is 2.39. The van der Waals surface area contributed by atoms with E-state index in [4.69, 9.17) is 10.5 Å². The van der Waals surface area contributed by atoms with Crippen LogP contribution in [-0.2, 0) is 4.74 Å². The molecule has 0 bridgehead atoms. The molecule has 0 saturated carbocycles. The maximum atomic E-state index is 5.74. The number of hydrogen-bond donors (Lipinski definition) is 1. The van der Waals surface area contributed by atoms with Gasteiger partial charge in [0.2, 0.25) is 0 Å². The summed E-state index contributed by atoms with van der Waals surface area (Å²) in [6.45, 7) is 8.48. The van der Waals surface area contributed by atoms with Crippen LogP contribution < -0.4 is 5.73 Å². The van der Waals surface area contributed by atoms with Crippen LogP contribution in [0.25, 0.3) is 0 Å². The average molecular weight is 200 g/mol. The molecule has 1 unspecified atom stereocenters. The number of ether oxygens (including phenoxy) is 1. The van der Waals surface area contributed by atoms with Gasteiger partial charge in [0.1, 0.15) is 0 Å². The van der Waals surface area contributed by atoms with Crippen LogP contribution in [0, 0.1) is 5.41 Å². The van der Waals surface area contributed by atoms with Crippen molar-refractivity contribution in [3.63, 3.8) is 0 Å². The first-order chi connectivity index (χ1) is 6.59. The molecule has 1 saturated heterocycles. The minimum Gasteiger partial charge on any atom is -0.383 e. The number of nitrogens with two attached hydrogens (primary N) is 1. The molecule has 1 fully saturated rings. The van der Waals surface area contributed by atoms with E-state index in [9.17, 15) is 0 Å². The summed E-state index contributed by atoms with van der Waals surface area (Å²) in [6.07, 6.45) is 2.54. The van der Waals surface area contributed by atoms with Gasteiger partial charge >= 0.3 is 0 Å². The highest BCUT2D eigenvalue weighted by molar-refractivity contribution is 4.82. The van der Waals surface area contributed by atoms with Crippen molar-refractivity contribution in [2.75, 3.05) is 33.4 Å². The third-order valence-corrected chi connectivity index (χ3v) is 3.30. The molecule has 3 heteroatoms. The summed E-state index contributed by atoms with van der Waals surface area (Å²) in [5.74, 6) is 0. The lowest BCUT2D eigenvalue weighted by Gasteiger charge is -2.40. The molecule has 1 heterocycles. The van der Waals surface area contributed by atoms with Gasteiger partial charge in [0, 0.05) is 19.7 Å². The van der Waals surface area contributed by atoms with Crippen molar-refractivity contribution in [2.45, 2.75) is 32.7 Å². The Labute approximate surface area is 87.6 Å². The van der Waals surface area contributed by atoms with Gasteiger partial charge in [-0.05, 0) is 31.3 Å². The predicted molar refractivity (Wildman–Crippen MR) is 59.3 cm³/mol. The van der Waals surface area contributed by atoms with Gasteiger partial charge in [0.05, 0.1) is 6.61 Å². The summed E-state index contributed by atoms with van der Waals surface area (Å²) in [6, 6.07) is 0.413. The summed E-state index contributed by atoms with van der Waals surface area (Å²) in [4.78, 5) is 2.47. The van der Waals surface area contributed by atoms with Crippen LogP contribution in [0.2, 0.25) is 0 Å². The van der Waals surface area contributed by atoms with E-state index in [1.54, 1.807) is 7.11 Å². The van der Waals surface area contributed by atoms with Crippen LogP contribution in [0.4, 0.5) is 0 Å². The Bertz CT molecular complexity index is 161. The third-order valence-electron chi connectivity index (χ3n) is 3.30. The lowest BCUT2D eigenvalue weighted by Crippen LogP contribution is -2.48. The Morgan fingerprint density at radius 1 is 1.36 bits per heavy atom. The molecule has 0 aliphatic carbocycles. The summed E-state index contributed by atoms with van der Waals surface area (Å²) in [7, 11) is 1.75. The van der Waals surface area contributed by atoms with E-state index in [2.05, 4.69) is 18.7 Å². The number of likely N-dealkylation sites (tertiary alicyclic amines) is 1.